The van der Waals surface area contributed by atoms with Gasteiger partial charge in [0.05, 0.1) is 11.8 Å². The summed E-state index contributed by atoms with van der Waals surface area (Å²) in [6, 6.07) is 9.33. The molecule has 3 aromatic rings. The molecule has 1 N–H and O–H groups in total. The minimum absolute atomic E-state index is 0.0940. The second-order valence-corrected chi connectivity index (χ2v) is 7.87. The number of fused-ring (bicyclic) bond motifs is 1. The molecule has 1 aliphatic heterocycles. The maximum atomic E-state index is 12.6. The number of benzene rings is 1. The lowest BCUT2D eigenvalue weighted by Crippen LogP contribution is -2.28. The Labute approximate surface area is 184 Å². The van der Waals surface area contributed by atoms with E-state index < -0.39 is 0 Å². The zero-order chi connectivity index (χ0) is 21.6. The summed E-state index contributed by atoms with van der Waals surface area (Å²) < 4.78 is 13.1. The molecule has 160 valence electrons. The van der Waals surface area contributed by atoms with Crippen LogP contribution in [-0.2, 0) is 11.3 Å². The van der Waals surface area contributed by atoms with Crippen LogP contribution in [-0.4, -0.2) is 44.6 Å². The zero-order valence-corrected chi connectivity index (χ0v) is 18.0. The van der Waals surface area contributed by atoms with Crippen LogP contribution in [0.4, 0.5) is 0 Å². The average Bonchev–Trinajstić information content (AvgIpc) is 3.20. The smallest absolute Gasteiger partial charge is 0.230 e. The molecule has 1 aliphatic rings. The second kappa shape index (κ2) is 9.65. The number of nitrogens with one attached hydrogen (secondary N) is 1. The van der Waals surface area contributed by atoms with Crippen LogP contribution < -0.4 is 14.8 Å². The number of thioether (sulfide) groups is 1. The van der Waals surface area contributed by atoms with Crippen molar-refractivity contribution in [1.82, 2.24) is 25.1 Å². The van der Waals surface area contributed by atoms with Crippen LogP contribution in [0.5, 0.6) is 11.5 Å². The number of hydrogen-bond donors (Lipinski definition) is 1. The van der Waals surface area contributed by atoms with Gasteiger partial charge in [-0.25, -0.2) is 0 Å². The van der Waals surface area contributed by atoms with Crippen molar-refractivity contribution in [3.8, 4) is 22.9 Å². The number of pyridine rings is 1. The molecule has 0 unspecified atom stereocenters. The molecule has 1 atom stereocenters. The van der Waals surface area contributed by atoms with Crippen molar-refractivity contribution in [3.63, 3.8) is 0 Å². The molecule has 31 heavy (non-hydrogen) atoms. The van der Waals surface area contributed by atoms with Gasteiger partial charge in [-0.3, -0.25) is 14.3 Å². The maximum Gasteiger partial charge on any atom is 0.230 e. The molecule has 0 saturated heterocycles. The fourth-order valence-electron chi connectivity index (χ4n) is 3.22. The van der Waals surface area contributed by atoms with Gasteiger partial charge in [0.25, 0.3) is 0 Å². The Morgan fingerprint density at radius 3 is 2.90 bits per heavy atom. The molecule has 0 saturated carbocycles. The number of hydrogen-bond acceptors (Lipinski definition) is 7. The van der Waals surface area contributed by atoms with E-state index in [1.165, 1.54) is 11.8 Å². The normalized spacial score (nSPS) is 13.5. The molecule has 8 nitrogen and oxygen atoms in total. The lowest BCUT2D eigenvalue weighted by Gasteiger charge is -2.21. The Hall–Kier alpha value is -3.33. The number of rotatable bonds is 8. The van der Waals surface area contributed by atoms with E-state index in [9.17, 15) is 4.79 Å². The molecule has 0 aliphatic carbocycles. The van der Waals surface area contributed by atoms with Crippen LogP contribution in [0.3, 0.4) is 0 Å². The Bertz CT molecular complexity index is 1070. The first kappa shape index (κ1) is 20.9. The SMILES string of the molecule is C=CCn1c(SCC(=O)N[C@@H](C)c2ccc3c(c2)OCCO3)nnc1-c1cccnc1. The molecule has 1 aromatic carbocycles. The topological polar surface area (TPSA) is 91.2 Å². The van der Waals surface area contributed by atoms with Gasteiger partial charge in [-0.15, -0.1) is 16.8 Å². The first-order valence-corrected chi connectivity index (χ1v) is 10.9. The Kier molecular flexibility index (Phi) is 6.51. The summed E-state index contributed by atoms with van der Waals surface area (Å²) >= 11 is 1.34. The van der Waals surface area contributed by atoms with Crippen molar-refractivity contribution in [2.24, 2.45) is 0 Å². The molecule has 0 bridgehead atoms. The number of ether oxygens (including phenoxy) is 2. The number of aromatic nitrogens is 4. The fraction of sp³-hybridized carbons (Fsp3) is 0.273. The largest absolute Gasteiger partial charge is 0.486 e. The molecule has 4 rings (SSSR count). The first-order valence-electron chi connectivity index (χ1n) is 9.92. The van der Waals surface area contributed by atoms with E-state index in [4.69, 9.17) is 9.47 Å². The molecule has 0 radical (unpaired) electrons. The minimum Gasteiger partial charge on any atom is -0.486 e. The Balaban J connectivity index is 1.39. The van der Waals surface area contributed by atoms with Crippen molar-refractivity contribution >= 4 is 17.7 Å². The van der Waals surface area contributed by atoms with Crippen molar-refractivity contribution in [2.75, 3.05) is 19.0 Å². The summed E-state index contributed by atoms with van der Waals surface area (Å²) in [6.07, 6.45) is 5.22. The third-order valence-corrected chi connectivity index (χ3v) is 5.69. The van der Waals surface area contributed by atoms with Gasteiger partial charge >= 0.3 is 0 Å². The second-order valence-electron chi connectivity index (χ2n) is 6.93. The molecule has 1 amide bonds. The summed E-state index contributed by atoms with van der Waals surface area (Å²) in [5.74, 6) is 2.26. The maximum absolute atomic E-state index is 12.6. The predicted octanol–water partition coefficient (Wildman–Crippen LogP) is 3.27. The number of carbonyl (C=O) groups excluding carboxylic acids is 1. The summed E-state index contributed by atoms with van der Waals surface area (Å²) in [5.41, 5.74) is 1.82. The monoisotopic (exact) mass is 437 g/mol. The van der Waals surface area contributed by atoms with Gasteiger partial charge in [0.1, 0.15) is 13.2 Å². The summed E-state index contributed by atoms with van der Waals surface area (Å²) in [5, 5.41) is 12.2. The van der Waals surface area contributed by atoms with Crippen molar-refractivity contribution in [3.05, 3.63) is 60.9 Å². The highest BCUT2D eigenvalue weighted by molar-refractivity contribution is 7.99. The van der Waals surface area contributed by atoms with E-state index in [1.807, 2.05) is 41.8 Å². The van der Waals surface area contributed by atoms with Crippen LogP contribution in [0, 0.1) is 0 Å². The van der Waals surface area contributed by atoms with Crippen molar-refractivity contribution < 1.29 is 14.3 Å². The molecule has 3 heterocycles. The highest BCUT2D eigenvalue weighted by atomic mass is 32.2. The van der Waals surface area contributed by atoms with Crippen molar-refractivity contribution in [1.29, 1.82) is 0 Å². The van der Waals surface area contributed by atoms with E-state index in [-0.39, 0.29) is 17.7 Å². The van der Waals surface area contributed by atoms with E-state index in [1.54, 1.807) is 18.5 Å². The summed E-state index contributed by atoms with van der Waals surface area (Å²) in [6.45, 7) is 7.36. The first-order chi connectivity index (χ1) is 15.2. The average molecular weight is 438 g/mol. The third kappa shape index (κ3) is 4.88. The van der Waals surface area contributed by atoms with Gasteiger partial charge in [-0.1, -0.05) is 23.9 Å². The van der Waals surface area contributed by atoms with E-state index in [0.29, 0.717) is 36.5 Å². The van der Waals surface area contributed by atoms with Gasteiger partial charge in [0.15, 0.2) is 22.5 Å². The molecule has 0 spiro atoms. The van der Waals surface area contributed by atoms with Crippen LogP contribution in [0.15, 0.2) is 60.5 Å². The lowest BCUT2D eigenvalue weighted by molar-refractivity contribution is -0.119. The van der Waals surface area contributed by atoms with Gasteiger partial charge in [-0.2, -0.15) is 0 Å². The molecule has 2 aromatic heterocycles. The van der Waals surface area contributed by atoms with Gasteiger partial charge in [0, 0.05) is 24.5 Å². The predicted molar refractivity (Wildman–Crippen MR) is 118 cm³/mol. The van der Waals surface area contributed by atoms with Gasteiger partial charge in [-0.05, 0) is 36.8 Å². The number of allylic oxidation sites excluding steroid dienone is 1. The molecular weight excluding hydrogens is 414 g/mol. The standard InChI is InChI=1S/C22H23N5O3S/c1-3-9-27-21(17-5-4-8-23-13-17)25-26-22(27)31-14-20(28)24-15(2)16-6-7-18-19(12-16)30-11-10-29-18/h3-8,12-13,15H,1,9-11,14H2,2H3,(H,24,28)/t15-/m0/s1. The minimum atomic E-state index is -0.166. The lowest BCUT2D eigenvalue weighted by atomic mass is 10.1. The quantitative estimate of drug-likeness (QED) is 0.427. The van der Waals surface area contributed by atoms with E-state index >= 15 is 0 Å². The summed E-state index contributed by atoms with van der Waals surface area (Å²) in [7, 11) is 0. The number of nitrogens with zero attached hydrogens (tertiary/aromatic N) is 4. The number of carbonyl (C=O) groups is 1. The van der Waals surface area contributed by atoms with Gasteiger partial charge < -0.3 is 14.8 Å². The number of amides is 1. The third-order valence-electron chi connectivity index (χ3n) is 4.72. The van der Waals surface area contributed by atoms with Crippen molar-refractivity contribution in [2.45, 2.75) is 24.7 Å². The fourth-order valence-corrected chi connectivity index (χ4v) is 3.98. The van der Waals surface area contributed by atoms with E-state index in [2.05, 4.69) is 27.1 Å². The Morgan fingerprint density at radius 1 is 1.29 bits per heavy atom. The van der Waals surface area contributed by atoms with Gasteiger partial charge in [0.2, 0.25) is 5.91 Å². The molecular formula is C22H23N5O3S. The zero-order valence-electron chi connectivity index (χ0n) is 17.2. The summed E-state index contributed by atoms with van der Waals surface area (Å²) in [4.78, 5) is 16.7. The molecule has 9 heteroatoms. The van der Waals surface area contributed by atoms with Crippen LogP contribution in [0.25, 0.3) is 11.4 Å². The highest BCUT2D eigenvalue weighted by Crippen LogP contribution is 2.32. The molecule has 0 fully saturated rings. The van der Waals surface area contributed by atoms with E-state index in [0.717, 1.165) is 16.9 Å². The Morgan fingerprint density at radius 2 is 2.13 bits per heavy atom. The van der Waals surface area contributed by atoms with Crippen LogP contribution in [0.2, 0.25) is 0 Å². The van der Waals surface area contributed by atoms with Crippen LogP contribution in [0.1, 0.15) is 18.5 Å². The van der Waals surface area contributed by atoms with Crippen LogP contribution >= 0.6 is 11.8 Å². The highest BCUT2D eigenvalue weighted by Gasteiger charge is 2.18.